The number of anilines is 1. The summed E-state index contributed by atoms with van der Waals surface area (Å²) < 4.78 is 0. The Hall–Kier alpha value is -1.35. The summed E-state index contributed by atoms with van der Waals surface area (Å²) in [6.45, 7) is 6.83. The number of nitrogens with zero attached hydrogens (tertiary/aromatic N) is 1. The van der Waals surface area contributed by atoms with Crippen molar-refractivity contribution in [3.05, 3.63) is 30.3 Å². The fourth-order valence-electron chi connectivity index (χ4n) is 1.89. The van der Waals surface area contributed by atoms with E-state index in [2.05, 4.69) is 6.92 Å². The van der Waals surface area contributed by atoms with E-state index in [1.54, 1.807) is 0 Å². The van der Waals surface area contributed by atoms with Crippen LogP contribution in [-0.4, -0.2) is 18.0 Å². The summed E-state index contributed by atoms with van der Waals surface area (Å²) in [5, 5.41) is 0. The average molecular weight is 262 g/mol. The third kappa shape index (κ3) is 5.88. The van der Waals surface area contributed by atoms with Crippen LogP contribution in [-0.2, 0) is 4.79 Å². The minimum Gasteiger partial charge on any atom is -0.326 e. The summed E-state index contributed by atoms with van der Waals surface area (Å²) in [6.07, 6.45) is 3.31. The predicted octanol–water partition coefficient (Wildman–Crippen LogP) is 3.34. The summed E-state index contributed by atoms with van der Waals surface area (Å²) in [4.78, 5) is 14.3. The number of carbonyl (C=O) groups excluding carboxylic acids is 1. The van der Waals surface area contributed by atoms with E-state index < -0.39 is 0 Å². The number of benzene rings is 1. The Balaban J connectivity index is 2.71. The Morgan fingerprint density at radius 1 is 1.26 bits per heavy atom. The Morgan fingerprint density at radius 3 is 2.42 bits per heavy atom. The smallest absolute Gasteiger partial charge is 0.227 e. The van der Waals surface area contributed by atoms with E-state index in [-0.39, 0.29) is 11.4 Å². The van der Waals surface area contributed by atoms with E-state index in [0.717, 1.165) is 25.1 Å². The zero-order valence-corrected chi connectivity index (χ0v) is 12.4. The lowest BCUT2D eigenvalue weighted by Gasteiger charge is -2.25. The van der Waals surface area contributed by atoms with Crippen molar-refractivity contribution in [3.8, 4) is 0 Å². The monoisotopic (exact) mass is 262 g/mol. The van der Waals surface area contributed by atoms with Gasteiger partial charge in [-0.1, -0.05) is 31.5 Å². The maximum Gasteiger partial charge on any atom is 0.227 e. The maximum absolute atomic E-state index is 12.4. The molecule has 1 rings (SSSR count). The molecule has 0 spiro atoms. The minimum absolute atomic E-state index is 0.165. The molecule has 19 heavy (non-hydrogen) atoms. The molecule has 3 nitrogen and oxygen atoms in total. The van der Waals surface area contributed by atoms with Crippen molar-refractivity contribution in [3.63, 3.8) is 0 Å². The van der Waals surface area contributed by atoms with Crippen LogP contribution in [0.1, 0.15) is 46.5 Å². The zero-order chi connectivity index (χ0) is 14.3. The van der Waals surface area contributed by atoms with E-state index in [0.29, 0.717) is 12.8 Å². The van der Waals surface area contributed by atoms with E-state index in [9.17, 15) is 4.79 Å². The number of hydrogen-bond donors (Lipinski definition) is 1. The van der Waals surface area contributed by atoms with E-state index in [1.807, 2.05) is 49.1 Å². The first-order chi connectivity index (χ1) is 8.94. The molecule has 0 aliphatic rings. The fourth-order valence-corrected chi connectivity index (χ4v) is 1.89. The Morgan fingerprint density at radius 2 is 1.89 bits per heavy atom. The van der Waals surface area contributed by atoms with Crippen molar-refractivity contribution in [2.24, 2.45) is 5.73 Å². The van der Waals surface area contributed by atoms with Gasteiger partial charge in [0.25, 0.3) is 0 Å². The molecular formula is C16H26N2O. The van der Waals surface area contributed by atoms with Crippen LogP contribution in [0.5, 0.6) is 0 Å². The molecule has 0 saturated carbocycles. The van der Waals surface area contributed by atoms with E-state index in [1.165, 1.54) is 0 Å². The van der Waals surface area contributed by atoms with Gasteiger partial charge in [0.2, 0.25) is 5.91 Å². The number of amides is 1. The van der Waals surface area contributed by atoms with Gasteiger partial charge in [-0.2, -0.15) is 0 Å². The van der Waals surface area contributed by atoms with Crippen molar-refractivity contribution >= 4 is 11.6 Å². The van der Waals surface area contributed by atoms with Crippen molar-refractivity contribution < 1.29 is 4.79 Å². The Labute approximate surface area is 116 Å². The van der Waals surface area contributed by atoms with Gasteiger partial charge in [-0.3, -0.25) is 4.79 Å². The molecule has 0 aliphatic heterocycles. The highest BCUT2D eigenvalue weighted by molar-refractivity contribution is 5.93. The molecule has 0 fully saturated rings. The van der Waals surface area contributed by atoms with Crippen LogP contribution < -0.4 is 10.6 Å². The summed E-state index contributed by atoms with van der Waals surface area (Å²) >= 11 is 0. The van der Waals surface area contributed by atoms with Gasteiger partial charge in [0.15, 0.2) is 0 Å². The summed E-state index contributed by atoms with van der Waals surface area (Å²) in [5.41, 5.74) is 6.65. The number of para-hydroxylation sites is 1. The summed E-state index contributed by atoms with van der Waals surface area (Å²) in [5.74, 6) is 0.165. The second-order valence-electron chi connectivity index (χ2n) is 5.72. The lowest BCUT2D eigenvalue weighted by atomic mass is 9.99. The van der Waals surface area contributed by atoms with E-state index >= 15 is 0 Å². The second-order valence-corrected chi connectivity index (χ2v) is 5.72. The molecule has 0 bridgehead atoms. The Kier molecular flexibility index (Phi) is 6.03. The molecular weight excluding hydrogens is 236 g/mol. The van der Waals surface area contributed by atoms with E-state index in [4.69, 9.17) is 5.73 Å². The molecule has 1 amide bonds. The number of rotatable bonds is 7. The van der Waals surface area contributed by atoms with Crippen LogP contribution in [0.25, 0.3) is 0 Å². The normalized spacial score (nSPS) is 11.4. The molecule has 0 radical (unpaired) electrons. The molecule has 0 saturated heterocycles. The van der Waals surface area contributed by atoms with Gasteiger partial charge in [0.05, 0.1) is 0 Å². The molecule has 0 atom stereocenters. The molecule has 2 N–H and O–H groups in total. The lowest BCUT2D eigenvalue weighted by molar-refractivity contribution is -0.119. The van der Waals surface area contributed by atoms with Crippen LogP contribution in [0.2, 0.25) is 0 Å². The largest absolute Gasteiger partial charge is 0.326 e. The van der Waals surface area contributed by atoms with Gasteiger partial charge in [-0.25, -0.2) is 0 Å². The van der Waals surface area contributed by atoms with Gasteiger partial charge in [-0.05, 0) is 38.8 Å². The molecule has 1 aromatic rings. The molecule has 0 unspecified atom stereocenters. The molecule has 0 aliphatic carbocycles. The standard InChI is InChI=1S/C16H26N2O/c1-4-5-13-18(14-9-7-6-8-10-14)15(19)11-12-16(2,3)17/h6-10H,4-5,11-13,17H2,1-3H3. The first-order valence-electron chi connectivity index (χ1n) is 7.08. The van der Waals surface area contributed by atoms with Crippen molar-refractivity contribution in [2.45, 2.75) is 52.0 Å². The predicted molar refractivity (Wildman–Crippen MR) is 81.2 cm³/mol. The van der Waals surface area contributed by atoms with Crippen LogP contribution in [0.4, 0.5) is 5.69 Å². The van der Waals surface area contributed by atoms with Gasteiger partial charge >= 0.3 is 0 Å². The number of carbonyl (C=O) groups is 1. The van der Waals surface area contributed by atoms with Gasteiger partial charge < -0.3 is 10.6 Å². The number of nitrogens with two attached hydrogens (primary N) is 1. The van der Waals surface area contributed by atoms with Gasteiger partial charge in [0.1, 0.15) is 0 Å². The third-order valence-electron chi connectivity index (χ3n) is 3.09. The summed E-state index contributed by atoms with van der Waals surface area (Å²) in [7, 11) is 0. The average Bonchev–Trinajstić information content (AvgIpc) is 2.37. The second kappa shape index (κ2) is 7.29. The number of hydrogen-bond acceptors (Lipinski definition) is 2. The van der Waals surface area contributed by atoms with Crippen molar-refractivity contribution in [1.29, 1.82) is 0 Å². The lowest BCUT2D eigenvalue weighted by Crippen LogP contribution is -2.36. The molecule has 106 valence electrons. The molecule has 1 aromatic carbocycles. The van der Waals surface area contributed by atoms with Crippen LogP contribution >= 0.6 is 0 Å². The highest BCUT2D eigenvalue weighted by Gasteiger charge is 2.18. The highest BCUT2D eigenvalue weighted by Crippen LogP contribution is 2.17. The SMILES string of the molecule is CCCCN(C(=O)CCC(C)(C)N)c1ccccc1. The third-order valence-corrected chi connectivity index (χ3v) is 3.09. The summed E-state index contributed by atoms with van der Waals surface area (Å²) in [6, 6.07) is 9.88. The van der Waals surface area contributed by atoms with Gasteiger partial charge in [0, 0.05) is 24.2 Å². The van der Waals surface area contributed by atoms with Crippen LogP contribution in [0, 0.1) is 0 Å². The maximum atomic E-state index is 12.4. The topological polar surface area (TPSA) is 46.3 Å². The molecule has 0 aromatic heterocycles. The first-order valence-corrected chi connectivity index (χ1v) is 7.08. The highest BCUT2D eigenvalue weighted by atomic mass is 16.2. The fraction of sp³-hybridized carbons (Fsp3) is 0.562. The number of unbranched alkanes of at least 4 members (excludes halogenated alkanes) is 1. The molecule has 0 heterocycles. The quantitative estimate of drug-likeness (QED) is 0.819. The van der Waals surface area contributed by atoms with Crippen LogP contribution in [0.3, 0.4) is 0 Å². The first kappa shape index (κ1) is 15.7. The van der Waals surface area contributed by atoms with Gasteiger partial charge in [-0.15, -0.1) is 0 Å². The molecule has 3 heteroatoms. The zero-order valence-electron chi connectivity index (χ0n) is 12.4. The van der Waals surface area contributed by atoms with Crippen molar-refractivity contribution in [2.75, 3.05) is 11.4 Å². The van der Waals surface area contributed by atoms with Crippen molar-refractivity contribution in [1.82, 2.24) is 0 Å². The Bertz CT molecular complexity index is 381. The van der Waals surface area contributed by atoms with Crippen LogP contribution in [0.15, 0.2) is 30.3 Å². The minimum atomic E-state index is -0.289.